The SMILES string of the molecule is CCn1cc(S(=O)(=O)N(C)C(C)CN)nc1C.Cl. The van der Waals surface area contributed by atoms with Crippen LogP contribution in [-0.2, 0) is 16.6 Å². The number of halogens is 1. The van der Waals surface area contributed by atoms with Crippen molar-refractivity contribution >= 4 is 22.4 Å². The van der Waals surface area contributed by atoms with Crippen molar-refractivity contribution in [3.05, 3.63) is 12.0 Å². The van der Waals surface area contributed by atoms with Crippen molar-refractivity contribution in [2.24, 2.45) is 5.73 Å². The highest BCUT2D eigenvalue weighted by molar-refractivity contribution is 7.89. The number of aryl methyl sites for hydroxylation is 2. The highest BCUT2D eigenvalue weighted by Gasteiger charge is 2.27. The molecule has 1 aromatic heterocycles. The molecule has 1 rings (SSSR count). The minimum absolute atomic E-state index is 0. The van der Waals surface area contributed by atoms with Crippen molar-refractivity contribution in [1.29, 1.82) is 0 Å². The average molecular weight is 297 g/mol. The van der Waals surface area contributed by atoms with Crippen LogP contribution in [0.4, 0.5) is 0 Å². The van der Waals surface area contributed by atoms with Crippen LogP contribution in [0, 0.1) is 6.92 Å². The van der Waals surface area contributed by atoms with Gasteiger partial charge < -0.3 is 10.3 Å². The molecule has 0 radical (unpaired) electrons. The molecule has 1 aromatic rings. The van der Waals surface area contributed by atoms with E-state index < -0.39 is 10.0 Å². The number of hydrogen-bond acceptors (Lipinski definition) is 4. The van der Waals surface area contributed by atoms with E-state index >= 15 is 0 Å². The Balaban J connectivity index is 0.00000289. The Hall–Kier alpha value is -0.630. The Kier molecular flexibility index (Phi) is 6.28. The van der Waals surface area contributed by atoms with Crippen molar-refractivity contribution < 1.29 is 8.42 Å². The number of hydrogen-bond donors (Lipinski definition) is 1. The fourth-order valence-corrected chi connectivity index (χ4v) is 2.82. The minimum Gasteiger partial charge on any atom is -0.334 e. The molecule has 18 heavy (non-hydrogen) atoms. The van der Waals surface area contributed by atoms with Gasteiger partial charge in [-0.25, -0.2) is 13.4 Å². The first-order chi connectivity index (χ1) is 7.84. The summed E-state index contributed by atoms with van der Waals surface area (Å²) in [6.45, 7) is 6.47. The molecule has 0 fully saturated rings. The third-order valence-corrected chi connectivity index (χ3v) is 4.74. The first kappa shape index (κ1) is 17.4. The maximum atomic E-state index is 12.2. The summed E-state index contributed by atoms with van der Waals surface area (Å²) in [5.41, 5.74) is 5.48. The summed E-state index contributed by atoms with van der Waals surface area (Å²) in [7, 11) is -2.02. The molecule has 0 aliphatic heterocycles. The predicted molar refractivity (Wildman–Crippen MR) is 73.4 cm³/mol. The van der Waals surface area contributed by atoms with Gasteiger partial charge in [-0.05, 0) is 20.8 Å². The molecule has 106 valence electrons. The maximum absolute atomic E-state index is 12.2. The number of aromatic nitrogens is 2. The van der Waals surface area contributed by atoms with Crippen molar-refractivity contribution in [2.45, 2.75) is 38.4 Å². The Morgan fingerprint density at radius 3 is 2.50 bits per heavy atom. The third-order valence-electron chi connectivity index (χ3n) is 2.90. The van der Waals surface area contributed by atoms with Gasteiger partial charge in [0.25, 0.3) is 10.0 Å². The van der Waals surface area contributed by atoms with Crippen molar-refractivity contribution in [2.75, 3.05) is 13.6 Å². The van der Waals surface area contributed by atoms with E-state index in [0.717, 1.165) is 0 Å². The van der Waals surface area contributed by atoms with Crippen LogP contribution in [0.5, 0.6) is 0 Å². The van der Waals surface area contributed by atoms with Crippen LogP contribution < -0.4 is 5.73 Å². The first-order valence-corrected chi connectivity index (χ1v) is 7.00. The first-order valence-electron chi connectivity index (χ1n) is 5.56. The zero-order valence-corrected chi connectivity index (χ0v) is 12.8. The van der Waals surface area contributed by atoms with Crippen LogP contribution in [0.15, 0.2) is 11.2 Å². The minimum atomic E-state index is -3.54. The Bertz CT molecular complexity index is 486. The number of nitrogens with two attached hydrogens (primary N) is 1. The number of imidazole rings is 1. The van der Waals surface area contributed by atoms with Crippen LogP contribution in [0.25, 0.3) is 0 Å². The lowest BCUT2D eigenvalue weighted by atomic mass is 10.4. The highest BCUT2D eigenvalue weighted by Crippen LogP contribution is 2.15. The molecule has 6 nitrogen and oxygen atoms in total. The van der Waals surface area contributed by atoms with E-state index in [1.807, 2.05) is 6.92 Å². The molecule has 0 amide bonds. The molecule has 1 atom stereocenters. The second kappa shape index (κ2) is 6.51. The molecule has 0 aromatic carbocycles. The summed E-state index contributed by atoms with van der Waals surface area (Å²) >= 11 is 0. The number of likely N-dealkylation sites (N-methyl/N-ethyl adjacent to an activating group) is 1. The van der Waals surface area contributed by atoms with E-state index in [-0.39, 0.29) is 30.0 Å². The quantitative estimate of drug-likeness (QED) is 0.863. The fourth-order valence-electron chi connectivity index (χ4n) is 1.46. The summed E-state index contributed by atoms with van der Waals surface area (Å²) in [4.78, 5) is 4.08. The fraction of sp³-hybridized carbons (Fsp3) is 0.700. The van der Waals surface area contributed by atoms with E-state index in [4.69, 9.17) is 5.73 Å². The van der Waals surface area contributed by atoms with Crippen molar-refractivity contribution in [3.63, 3.8) is 0 Å². The zero-order valence-electron chi connectivity index (χ0n) is 11.1. The summed E-state index contributed by atoms with van der Waals surface area (Å²) in [6, 6.07) is -0.243. The van der Waals surface area contributed by atoms with E-state index in [0.29, 0.717) is 12.4 Å². The van der Waals surface area contributed by atoms with Crippen LogP contribution in [0.1, 0.15) is 19.7 Å². The zero-order chi connectivity index (χ0) is 13.2. The molecule has 1 unspecified atom stereocenters. The summed E-state index contributed by atoms with van der Waals surface area (Å²) < 4.78 is 27.5. The van der Waals surface area contributed by atoms with Gasteiger partial charge in [-0.2, -0.15) is 4.31 Å². The molecule has 0 spiro atoms. The van der Waals surface area contributed by atoms with E-state index in [2.05, 4.69) is 4.98 Å². The van der Waals surface area contributed by atoms with Gasteiger partial charge in [0.05, 0.1) is 0 Å². The van der Waals surface area contributed by atoms with Gasteiger partial charge >= 0.3 is 0 Å². The van der Waals surface area contributed by atoms with Gasteiger partial charge in [0, 0.05) is 32.4 Å². The second-order valence-corrected chi connectivity index (χ2v) is 5.96. The van der Waals surface area contributed by atoms with Crippen molar-refractivity contribution in [1.82, 2.24) is 13.9 Å². The number of nitrogens with zero attached hydrogens (tertiary/aromatic N) is 3. The Labute approximate surface area is 115 Å². The van der Waals surface area contributed by atoms with Crippen LogP contribution in [0.2, 0.25) is 0 Å². The molecule has 0 bridgehead atoms. The lowest BCUT2D eigenvalue weighted by Crippen LogP contribution is -2.39. The molecular weight excluding hydrogens is 276 g/mol. The third kappa shape index (κ3) is 3.23. The van der Waals surface area contributed by atoms with Gasteiger partial charge in [-0.15, -0.1) is 12.4 Å². The molecule has 0 saturated carbocycles. The molecule has 0 saturated heterocycles. The second-order valence-electron chi connectivity index (χ2n) is 4.02. The normalized spacial score (nSPS) is 13.4. The van der Waals surface area contributed by atoms with Gasteiger partial charge in [0.1, 0.15) is 5.82 Å². The average Bonchev–Trinajstić information content (AvgIpc) is 2.69. The molecule has 1 heterocycles. The largest absolute Gasteiger partial charge is 0.334 e. The topological polar surface area (TPSA) is 81.2 Å². The highest BCUT2D eigenvalue weighted by atomic mass is 35.5. The lowest BCUT2D eigenvalue weighted by Gasteiger charge is -2.21. The monoisotopic (exact) mass is 296 g/mol. The van der Waals surface area contributed by atoms with E-state index in [1.54, 1.807) is 24.6 Å². The summed E-state index contributed by atoms with van der Waals surface area (Å²) in [6.07, 6.45) is 1.56. The smallest absolute Gasteiger partial charge is 0.262 e. The van der Waals surface area contributed by atoms with Crippen molar-refractivity contribution in [3.8, 4) is 0 Å². The van der Waals surface area contributed by atoms with Crippen LogP contribution in [0.3, 0.4) is 0 Å². The van der Waals surface area contributed by atoms with Gasteiger partial charge in [-0.1, -0.05) is 0 Å². The van der Waals surface area contributed by atoms with Gasteiger partial charge in [0.15, 0.2) is 5.03 Å². The number of sulfonamides is 1. The van der Waals surface area contributed by atoms with E-state index in [1.165, 1.54) is 11.4 Å². The summed E-state index contributed by atoms with van der Waals surface area (Å²) in [5, 5.41) is 0.0830. The molecular formula is C10H21ClN4O2S. The Morgan fingerprint density at radius 1 is 1.56 bits per heavy atom. The lowest BCUT2D eigenvalue weighted by molar-refractivity contribution is 0.393. The number of rotatable bonds is 5. The van der Waals surface area contributed by atoms with E-state index in [9.17, 15) is 8.42 Å². The van der Waals surface area contributed by atoms with Crippen LogP contribution >= 0.6 is 12.4 Å². The molecule has 2 N–H and O–H groups in total. The summed E-state index contributed by atoms with van der Waals surface area (Å²) in [5.74, 6) is 0.694. The molecule has 0 aliphatic carbocycles. The Morgan fingerprint density at radius 2 is 2.11 bits per heavy atom. The van der Waals surface area contributed by atoms with Gasteiger partial charge in [0.2, 0.25) is 0 Å². The molecule has 0 aliphatic rings. The van der Waals surface area contributed by atoms with Crippen LogP contribution in [-0.4, -0.2) is 41.9 Å². The molecule has 8 heteroatoms. The standard InChI is InChI=1S/C10H20N4O2S.ClH/c1-5-14-7-10(12-9(14)3)17(15,16)13(4)8(2)6-11;/h7-8H,5-6,11H2,1-4H3;1H. The van der Waals surface area contributed by atoms with Gasteiger partial charge in [-0.3, -0.25) is 0 Å². The predicted octanol–water partition coefficient (Wildman–Crippen LogP) is 0.601. The maximum Gasteiger partial charge on any atom is 0.262 e.